The number of sulfonamides is 1. The van der Waals surface area contributed by atoms with Crippen LogP contribution in [-0.4, -0.2) is 80.3 Å². The summed E-state index contributed by atoms with van der Waals surface area (Å²) < 4.78 is 82.1. The fourth-order valence-electron chi connectivity index (χ4n) is 6.22. The maximum Gasteiger partial charge on any atom is 0.258 e. The number of nitrogens with zero attached hydrogens (tertiary/aromatic N) is 4. The molecule has 0 bridgehead atoms. The number of aromatic nitrogens is 2. The predicted octanol–water partition coefficient (Wildman–Crippen LogP) is 3.73. The van der Waals surface area contributed by atoms with Crippen molar-refractivity contribution in [2.24, 2.45) is 17.3 Å². The summed E-state index contributed by atoms with van der Waals surface area (Å²) in [5.41, 5.74) is 0.165. The summed E-state index contributed by atoms with van der Waals surface area (Å²) in [5.74, 6) is -3.92. The number of fused-ring (bicyclic) bond motifs is 1. The van der Waals surface area contributed by atoms with E-state index in [1.165, 1.54) is 18.2 Å². The number of alkyl halides is 4. The Morgan fingerprint density at radius 3 is 2.45 bits per heavy atom. The molecule has 2 aromatic rings. The molecule has 1 aromatic heterocycles. The maximum atomic E-state index is 13.9. The molecule has 1 saturated carbocycles. The van der Waals surface area contributed by atoms with Gasteiger partial charge in [-0.1, -0.05) is 6.92 Å². The molecule has 3 N–H and O–H groups in total. The summed E-state index contributed by atoms with van der Waals surface area (Å²) in [5, 5.41) is 11.8. The van der Waals surface area contributed by atoms with Gasteiger partial charge in [-0.05, 0) is 43.4 Å². The smallest absolute Gasteiger partial charge is 0.258 e. The Bertz CT molecular complexity index is 1450. The highest BCUT2D eigenvalue weighted by molar-refractivity contribution is 7.92. The number of piperidine rings is 2. The molecule has 3 aliphatic rings. The number of carbonyl (C=O) groups is 1. The fraction of sp³-hybridized carbons (Fsp3) is 0.593. The number of benzene rings is 1. The number of aliphatic hydroxyl groups excluding tert-OH is 1. The van der Waals surface area contributed by atoms with Crippen molar-refractivity contribution in [3.05, 3.63) is 35.5 Å². The van der Waals surface area contributed by atoms with Gasteiger partial charge < -0.3 is 20.2 Å². The molecule has 0 unspecified atom stereocenters. The molecule has 1 aromatic carbocycles. The van der Waals surface area contributed by atoms with Crippen LogP contribution in [0.1, 0.15) is 42.2 Å². The molecule has 0 spiro atoms. The van der Waals surface area contributed by atoms with Gasteiger partial charge in [0.25, 0.3) is 11.8 Å². The van der Waals surface area contributed by atoms with Crippen molar-refractivity contribution in [3.8, 4) is 0 Å². The summed E-state index contributed by atoms with van der Waals surface area (Å²) >= 11 is 0. The van der Waals surface area contributed by atoms with E-state index in [9.17, 15) is 30.8 Å². The SMILES string of the molecule is Cc1cc(NC(=O)c2ccc(NS(=O)(=O)CCO)cc2N2CC[C@]3(C(F)F)[C@H](C2)[C@@H]3C)nc(N2CCC(F)(F)CC2)n1. The molecule has 42 heavy (non-hydrogen) atoms. The maximum absolute atomic E-state index is 13.9. The van der Waals surface area contributed by atoms with Crippen LogP contribution >= 0.6 is 0 Å². The highest BCUT2D eigenvalue weighted by Gasteiger charge is 2.68. The number of carbonyl (C=O) groups excluding carboxylic acids is 1. The van der Waals surface area contributed by atoms with Gasteiger partial charge in [-0.3, -0.25) is 9.52 Å². The van der Waals surface area contributed by atoms with Gasteiger partial charge in [0.1, 0.15) is 5.82 Å². The van der Waals surface area contributed by atoms with Crippen molar-refractivity contribution in [2.75, 3.05) is 58.4 Å². The lowest BCUT2D eigenvalue weighted by molar-refractivity contribution is -0.0222. The Labute approximate surface area is 241 Å². The number of halogens is 4. The van der Waals surface area contributed by atoms with Crippen LogP contribution in [0, 0.1) is 24.2 Å². The molecule has 0 radical (unpaired) electrons. The highest BCUT2D eigenvalue weighted by atomic mass is 32.2. The van der Waals surface area contributed by atoms with Gasteiger partial charge in [0, 0.05) is 56.2 Å². The zero-order valence-corrected chi connectivity index (χ0v) is 24.1. The van der Waals surface area contributed by atoms with Crippen LogP contribution in [0.25, 0.3) is 0 Å². The molecule has 2 aliphatic heterocycles. The first kappa shape index (κ1) is 30.3. The van der Waals surface area contributed by atoms with Gasteiger partial charge in [0.2, 0.25) is 22.4 Å². The van der Waals surface area contributed by atoms with Crippen LogP contribution in [0.15, 0.2) is 24.3 Å². The molecular weight excluding hydrogens is 580 g/mol. The van der Waals surface area contributed by atoms with Gasteiger partial charge in [-0.25, -0.2) is 31.0 Å². The molecule has 3 fully saturated rings. The first-order chi connectivity index (χ1) is 19.7. The molecule has 1 amide bonds. The second-order valence-electron chi connectivity index (χ2n) is 11.4. The van der Waals surface area contributed by atoms with Gasteiger partial charge in [-0.2, -0.15) is 4.98 Å². The van der Waals surface area contributed by atoms with Crippen LogP contribution in [0.4, 0.5) is 40.7 Å². The molecule has 2 saturated heterocycles. The Balaban J connectivity index is 1.42. The van der Waals surface area contributed by atoms with Gasteiger partial charge in [0.15, 0.2) is 0 Å². The minimum absolute atomic E-state index is 0.0658. The predicted molar refractivity (Wildman–Crippen MR) is 150 cm³/mol. The zero-order chi connectivity index (χ0) is 30.4. The van der Waals surface area contributed by atoms with Crippen LogP contribution in [0.5, 0.6) is 0 Å². The molecule has 3 atom stereocenters. The third kappa shape index (κ3) is 5.98. The number of hydrogen-bond acceptors (Lipinski definition) is 8. The standard InChI is InChI=1S/C27H34F4N6O4S/c1-16-13-22(34-25(32-16)36-8-5-26(30,31)6-9-36)33-23(39)19-4-3-18(35-42(40,41)12-11-38)14-21(19)37-10-7-27(24(28)29)17(2)20(27)15-37/h3-4,13-14,17,20,24,35,38H,5-12,15H2,1-2H3,(H,32,33,34,39)/t17-,20+,27+/m0/s1. The molecule has 5 rings (SSSR count). The zero-order valence-electron chi connectivity index (χ0n) is 23.3. The quantitative estimate of drug-likeness (QED) is 0.365. The van der Waals surface area contributed by atoms with Crippen molar-refractivity contribution < 1.29 is 35.9 Å². The van der Waals surface area contributed by atoms with E-state index in [1.54, 1.807) is 24.8 Å². The average Bonchev–Trinajstić information content (AvgIpc) is 3.52. The number of nitrogens with one attached hydrogen (secondary N) is 2. The van der Waals surface area contributed by atoms with Crippen LogP contribution < -0.4 is 19.8 Å². The average molecular weight is 615 g/mol. The Morgan fingerprint density at radius 2 is 1.81 bits per heavy atom. The first-order valence-electron chi connectivity index (χ1n) is 13.8. The number of rotatable bonds is 9. The van der Waals surface area contributed by atoms with Crippen molar-refractivity contribution in [1.29, 1.82) is 0 Å². The van der Waals surface area contributed by atoms with Crippen molar-refractivity contribution in [2.45, 2.75) is 45.5 Å². The van der Waals surface area contributed by atoms with E-state index in [2.05, 4.69) is 20.0 Å². The Kier molecular flexibility index (Phi) is 8.02. The Hall–Kier alpha value is -3.20. The molecule has 10 nitrogen and oxygen atoms in total. The summed E-state index contributed by atoms with van der Waals surface area (Å²) in [6.07, 6.45) is -2.89. The summed E-state index contributed by atoms with van der Waals surface area (Å²) in [6, 6.07) is 5.87. The second-order valence-corrected chi connectivity index (χ2v) is 13.2. The lowest BCUT2D eigenvalue weighted by Crippen LogP contribution is -2.40. The van der Waals surface area contributed by atoms with E-state index < -0.39 is 46.1 Å². The summed E-state index contributed by atoms with van der Waals surface area (Å²) in [6.45, 7) is 3.56. The van der Waals surface area contributed by atoms with Gasteiger partial charge in [-0.15, -0.1) is 0 Å². The summed E-state index contributed by atoms with van der Waals surface area (Å²) in [4.78, 5) is 25.8. The first-order valence-corrected chi connectivity index (χ1v) is 15.5. The number of amides is 1. The Morgan fingerprint density at radius 1 is 1.12 bits per heavy atom. The topological polar surface area (TPSA) is 128 Å². The van der Waals surface area contributed by atoms with Crippen molar-refractivity contribution in [3.63, 3.8) is 0 Å². The lowest BCUT2D eigenvalue weighted by Gasteiger charge is -2.34. The van der Waals surface area contributed by atoms with E-state index in [4.69, 9.17) is 5.11 Å². The molecule has 3 heterocycles. The fourth-order valence-corrected chi connectivity index (χ4v) is 7.05. The minimum Gasteiger partial charge on any atom is -0.395 e. The van der Waals surface area contributed by atoms with Gasteiger partial charge in [0.05, 0.1) is 29.3 Å². The largest absolute Gasteiger partial charge is 0.395 e. The number of anilines is 4. The second kappa shape index (κ2) is 11.1. The number of aryl methyl sites for hydroxylation is 1. The normalized spacial score (nSPS) is 25.2. The highest BCUT2D eigenvalue weighted by Crippen LogP contribution is 2.66. The number of aliphatic hydroxyl groups is 1. The molecule has 1 aliphatic carbocycles. The van der Waals surface area contributed by atoms with Crippen LogP contribution in [0.3, 0.4) is 0 Å². The lowest BCUT2D eigenvalue weighted by atomic mass is 9.94. The van der Waals surface area contributed by atoms with Crippen molar-refractivity contribution in [1.82, 2.24) is 9.97 Å². The van der Waals surface area contributed by atoms with Crippen molar-refractivity contribution >= 4 is 39.1 Å². The van der Waals surface area contributed by atoms with E-state index in [0.717, 1.165) is 0 Å². The van der Waals surface area contributed by atoms with E-state index in [1.807, 2.05) is 4.90 Å². The minimum atomic E-state index is -3.86. The van der Waals surface area contributed by atoms with E-state index in [-0.39, 0.29) is 80.3 Å². The third-order valence-electron chi connectivity index (χ3n) is 8.75. The third-order valence-corrected chi connectivity index (χ3v) is 10.0. The molecule has 15 heteroatoms. The molecular formula is C27H34F4N6O4S. The van der Waals surface area contributed by atoms with Gasteiger partial charge >= 0.3 is 0 Å². The monoisotopic (exact) mass is 614 g/mol. The van der Waals surface area contributed by atoms with Crippen LogP contribution in [-0.2, 0) is 10.0 Å². The van der Waals surface area contributed by atoms with Crippen LogP contribution in [0.2, 0.25) is 0 Å². The number of hydrogen-bond donors (Lipinski definition) is 3. The van der Waals surface area contributed by atoms with E-state index in [0.29, 0.717) is 11.4 Å². The summed E-state index contributed by atoms with van der Waals surface area (Å²) in [7, 11) is -3.86. The van der Waals surface area contributed by atoms with E-state index >= 15 is 0 Å². The molecule has 230 valence electrons.